The quantitative estimate of drug-likeness (QED) is 0.285. The number of carbonyl (C=O) groups is 1. The number of fused-ring (bicyclic) bond motifs is 3. The molecule has 2 aliphatic rings. The van der Waals surface area contributed by atoms with Gasteiger partial charge in [0.15, 0.2) is 5.58 Å². The molecule has 1 fully saturated rings. The monoisotopic (exact) mass is 517 g/mol. The first-order valence-corrected chi connectivity index (χ1v) is 13.4. The molecule has 0 radical (unpaired) electrons. The van der Waals surface area contributed by atoms with Crippen LogP contribution in [0.4, 0.5) is 15.8 Å². The number of halogens is 2. The zero-order valence-electron chi connectivity index (χ0n) is 20.6. The van der Waals surface area contributed by atoms with Crippen molar-refractivity contribution in [1.29, 1.82) is 0 Å². The zero-order chi connectivity index (χ0) is 25.4. The van der Waals surface area contributed by atoms with E-state index < -0.39 is 0 Å². The molecule has 7 heteroatoms. The Morgan fingerprint density at radius 2 is 1.78 bits per heavy atom. The molecule has 1 amide bonds. The van der Waals surface area contributed by atoms with Gasteiger partial charge in [0.05, 0.1) is 17.1 Å². The first-order valence-electron chi connectivity index (χ1n) is 13.0. The van der Waals surface area contributed by atoms with Crippen LogP contribution in [0.3, 0.4) is 0 Å². The first-order chi connectivity index (χ1) is 18.1. The van der Waals surface area contributed by atoms with Crippen LogP contribution in [0.1, 0.15) is 48.4 Å². The summed E-state index contributed by atoms with van der Waals surface area (Å²) < 4.78 is 18.9. The summed E-state index contributed by atoms with van der Waals surface area (Å²) in [5.74, 6) is 0.100. The summed E-state index contributed by atoms with van der Waals surface area (Å²) in [6.07, 6.45) is 5.00. The van der Waals surface area contributed by atoms with E-state index in [9.17, 15) is 9.18 Å². The number of hydrogen-bond donors (Lipinski definition) is 0. The minimum atomic E-state index is -0.310. The van der Waals surface area contributed by atoms with Crippen LogP contribution >= 0.6 is 11.6 Å². The number of carbonyl (C=O) groups excluding carboxylic acids is 1. The van der Waals surface area contributed by atoms with Crippen LogP contribution < -0.4 is 4.90 Å². The fourth-order valence-electron chi connectivity index (χ4n) is 5.79. The van der Waals surface area contributed by atoms with Gasteiger partial charge in [-0.3, -0.25) is 9.69 Å². The van der Waals surface area contributed by atoms with Crippen molar-refractivity contribution < 1.29 is 13.7 Å². The predicted molar refractivity (Wildman–Crippen MR) is 144 cm³/mol. The Balaban J connectivity index is 1.09. The smallest absolute Gasteiger partial charge is 0.231 e. The van der Waals surface area contributed by atoms with E-state index in [0.29, 0.717) is 22.9 Å². The second-order valence-corrected chi connectivity index (χ2v) is 10.5. The van der Waals surface area contributed by atoms with E-state index in [1.165, 1.54) is 17.7 Å². The molecule has 1 aromatic heterocycles. The second kappa shape index (κ2) is 10.3. The van der Waals surface area contributed by atoms with Crippen molar-refractivity contribution in [2.75, 3.05) is 24.5 Å². The van der Waals surface area contributed by atoms with Crippen LogP contribution in [-0.2, 0) is 17.6 Å². The van der Waals surface area contributed by atoms with Crippen LogP contribution in [0.5, 0.6) is 0 Å². The number of aromatic nitrogens is 1. The molecule has 6 rings (SSSR count). The highest BCUT2D eigenvalue weighted by Gasteiger charge is 2.27. The molecule has 2 aliphatic heterocycles. The number of piperidine rings is 1. The molecule has 0 bridgehead atoms. The maximum absolute atomic E-state index is 13.6. The van der Waals surface area contributed by atoms with Gasteiger partial charge >= 0.3 is 0 Å². The minimum absolute atomic E-state index is 0.106. The third-order valence-electron chi connectivity index (χ3n) is 7.74. The molecular formula is C30H29ClFN3O2. The summed E-state index contributed by atoms with van der Waals surface area (Å²) in [5.41, 5.74) is 5.65. The summed E-state index contributed by atoms with van der Waals surface area (Å²) in [6.45, 7) is 2.76. The number of amides is 1. The summed E-state index contributed by atoms with van der Waals surface area (Å²) in [7, 11) is 0. The lowest BCUT2D eigenvalue weighted by atomic mass is 9.91. The fraction of sp³-hybridized carbons (Fsp3) is 0.333. The lowest BCUT2D eigenvalue weighted by molar-refractivity contribution is -0.118. The van der Waals surface area contributed by atoms with Gasteiger partial charge in [0.2, 0.25) is 5.91 Å². The molecule has 3 heterocycles. The average molecular weight is 518 g/mol. The molecule has 5 nitrogen and oxygen atoms in total. The second-order valence-electron chi connectivity index (χ2n) is 10.1. The van der Waals surface area contributed by atoms with Gasteiger partial charge in [0.1, 0.15) is 5.82 Å². The summed E-state index contributed by atoms with van der Waals surface area (Å²) in [6, 6.07) is 18.7. The predicted octanol–water partition coefficient (Wildman–Crippen LogP) is 7.04. The number of anilines is 2. The Labute approximate surface area is 220 Å². The van der Waals surface area contributed by atoms with Crippen molar-refractivity contribution in [3.63, 3.8) is 0 Å². The Morgan fingerprint density at radius 3 is 2.62 bits per heavy atom. The highest BCUT2D eigenvalue weighted by atomic mass is 35.5. The number of hydrogen-bond acceptors (Lipinski definition) is 4. The zero-order valence-corrected chi connectivity index (χ0v) is 21.4. The van der Waals surface area contributed by atoms with Crippen molar-refractivity contribution in [1.82, 2.24) is 10.1 Å². The van der Waals surface area contributed by atoms with E-state index in [1.807, 2.05) is 41.3 Å². The van der Waals surface area contributed by atoms with Gasteiger partial charge in [-0.05, 0) is 93.2 Å². The minimum Gasteiger partial charge on any atom is -0.356 e. The van der Waals surface area contributed by atoms with Crippen molar-refractivity contribution in [2.45, 2.75) is 44.4 Å². The molecule has 37 heavy (non-hydrogen) atoms. The van der Waals surface area contributed by atoms with Gasteiger partial charge in [-0.2, -0.15) is 0 Å². The lowest BCUT2D eigenvalue weighted by Gasteiger charge is -2.31. The normalized spacial score (nSPS) is 16.4. The maximum atomic E-state index is 13.6. The molecule has 190 valence electrons. The Kier molecular flexibility index (Phi) is 6.70. The van der Waals surface area contributed by atoms with Crippen molar-refractivity contribution in [3.8, 4) is 0 Å². The number of aryl methyl sites for hydroxylation is 2. The summed E-state index contributed by atoms with van der Waals surface area (Å²) >= 11 is 6.35. The third kappa shape index (κ3) is 4.88. The highest BCUT2D eigenvalue weighted by molar-refractivity contribution is 6.31. The number of nitrogens with zero attached hydrogens (tertiary/aromatic N) is 3. The van der Waals surface area contributed by atoms with Crippen LogP contribution in [0.25, 0.3) is 11.0 Å². The molecular weight excluding hydrogens is 489 g/mol. The average Bonchev–Trinajstić information content (AvgIpc) is 3.24. The van der Waals surface area contributed by atoms with Crippen molar-refractivity contribution in [2.24, 2.45) is 0 Å². The van der Waals surface area contributed by atoms with E-state index in [-0.39, 0.29) is 11.7 Å². The van der Waals surface area contributed by atoms with Gasteiger partial charge in [0, 0.05) is 28.8 Å². The van der Waals surface area contributed by atoms with Crippen LogP contribution in [-0.4, -0.2) is 35.6 Å². The van der Waals surface area contributed by atoms with Gasteiger partial charge in [-0.15, -0.1) is 0 Å². The lowest BCUT2D eigenvalue weighted by Crippen LogP contribution is -2.34. The Hall–Kier alpha value is -3.22. The molecule has 0 aliphatic carbocycles. The van der Waals surface area contributed by atoms with E-state index in [2.05, 4.69) is 16.1 Å². The molecule has 0 N–H and O–H groups in total. The molecule has 0 atom stereocenters. The van der Waals surface area contributed by atoms with Crippen LogP contribution in [0.2, 0.25) is 5.02 Å². The van der Waals surface area contributed by atoms with Crippen molar-refractivity contribution >= 4 is 39.9 Å². The SMILES string of the molecule is O=C(CCCN1CCC(c2noc3cc(F)ccc23)CC1)N1c2ccccc2CCc2ccc(Cl)cc21. The number of rotatable bonds is 5. The standard InChI is InChI=1S/C30H29ClFN3O2/c31-23-10-9-21-8-7-20-4-1-2-5-26(20)35(27(21)18-23)29(36)6-3-15-34-16-13-22(14-17-34)30-25-12-11-24(32)19-28(25)37-33-30/h1-2,4-5,9-12,18-19,22H,3,6-8,13-17H2. The summed E-state index contributed by atoms with van der Waals surface area (Å²) in [5, 5.41) is 5.80. The van der Waals surface area contributed by atoms with Gasteiger partial charge in [-0.1, -0.05) is 41.0 Å². The molecule has 0 spiro atoms. The largest absolute Gasteiger partial charge is 0.356 e. The summed E-state index contributed by atoms with van der Waals surface area (Å²) in [4.78, 5) is 17.9. The van der Waals surface area contributed by atoms with Gasteiger partial charge < -0.3 is 9.42 Å². The van der Waals surface area contributed by atoms with E-state index in [4.69, 9.17) is 16.1 Å². The van der Waals surface area contributed by atoms with Crippen molar-refractivity contribution in [3.05, 3.63) is 88.3 Å². The first kappa shape index (κ1) is 24.1. The maximum Gasteiger partial charge on any atom is 0.231 e. The molecule has 0 unspecified atom stereocenters. The Bertz CT molecular complexity index is 1440. The van der Waals surface area contributed by atoms with Gasteiger partial charge in [0.25, 0.3) is 0 Å². The van der Waals surface area contributed by atoms with E-state index >= 15 is 0 Å². The molecule has 1 saturated heterocycles. The molecule has 4 aromatic rings. The fourth-order valence-corrected chi connectivity index (χ4v) is 5.95. The molecule has 3 aromatic carbocycles. The van der Waals surface area contributed by atoms with E-state index in [0.717, 1.165) is 79.8 Å². The van der Waals surface area contributed by atoms with Crippen LogP contribution in [0.15, 0.2) is 65.2 Å². The number of likely N-dealkylation sites (tertiary alicyclic amines) is 1. The Morgan fingerprint density at radius 1 is 1.00 bits per heavy atom. The number of benzene rings is 3. The topological polar surface area (TPSA) is 49.6 Å². The third-order valence-corrected chi connectivity index (χ3v) is 7.97. The molecule has 0 saturated carbocycles. The van der Waals surface area contributed by atoms with Crippen LogP contribution in [0, 0.1) is 5.82 Å². The van der Waals surface area contributed by atoms with E-state index in [1.54, 1.807) is 6.07 Å². The number of para-hydroxylation sites is 1. The highest BCUT2D eigenvalue weighted by Crippen LogP contribution is 2.38. The van der Waals surface area contributed by atoms with Gasteiger partial charge in [-0.25, -0.2) is 4.39 Å².